The zero-order valence-corrected chi connectivity index (χ0v) is 12.4. The van der Waals surface area contributed by atoms with Crippen LogP contribution in [-0.2, 0) is 6.42 Å². The Labute approximate surface area is 117 Å². The van der Waals surface area contributed by atoms with E-state index >= 15 is 0 Å². The van der Waals surface area contributed by atoms with Gasteiger partial charge in [0.1, 0.15) is 0 Å². The molecule has 0 amide bonds. The molecular weight excluding hydrogens is 286 g/mol. The molecule has 1 nitrogen and oxygen atoms in total. The Bertz CT molecular complexity index is 505. The lowest BCUT2D eigenvalue weighted by atomic mass is 10.0. The van der Waals surface area contributed by atoms with Crippen molar-refractivity contribution in [2.24, 2.45) is 0 Å². The summed E-state index contributed by atoms with van der Waals surface area (Å²) >= 11 is 3.51. The van der Waals surface area contributed by atoms with Crippen LogP contribution in [0.2, 0.25) is 0 Å². The Morgan fingerprint density at radius 1 is 1.06 bits per heavy atom. The van der Waals surface area contributed by atoms with Crippen LogP contribution in [0, 0.1) is 0 Å². The zero-order chi connectivity index (χ0) is 13.0. The van der Waals surface area contributed by atoms with Crippen LogP contribution in [0.15, 0.2) is 53.0 Å². The molecule has 1 unspecified atom stereocenters. The molecule has 94 valence electrons. The fourth-order valence-electron chi connectivity index (χ4n) is 1.96. The van der Waals surface area contributed by atoms with Gasteiger partial charge in [-0.2, -0.15) is 0 Å². The van der Waals surface area contributed by atoms with Crippen LogP contribution in [0.3, 0.4) is 0 Å². The molecule has 0 aliphatic heterocycles. The van der Waals surface area contributed by atoms with Crippen molar-refractivity contribution >= 4 is 15.9 Å². The maximum Gasteiger partial charge on any atom is 0.0181 e. The first-order valence-electron chi connectivity index (χ1n) is 6.21. The van der Waals surface area contributed by atoms with Gasteiger partial charge in [-0.15, -0.1) is 0 Å². The topological polar surface area (TPSA) is 12.0 Å². The fraction of sp³-hybridized carbons (Fsp3) is 0.250. The molecule has 2 heteroatoms. The molecule has 0 saturated carbocycles. The summed E-state index contributed by atoms with van der Waals surface area (Å²) in [6.07, 6.45) is 1.06. The number of hydrogen-bond acceptors (Lipinski definition) is 1. The number of benzene rings is 2. The summed E-state index contributed by atoms with van der Waals surface area (Å²) in [7, 11) is 2.00. The first-order valence-corrected chi connectivity index (χ1v) is 7.00. The Morgan fingerprint density at radius 2 is 1.78 bits per heavy atom. The van der Waals surface area contributed by atoms with E-state index in [0.717, 1.165) is 10.9 Å². The Morgan fingerprint density at radius 3 is 2.39 bits per heavy atom. The molecule has 2 rings (SSSR count). The van der Waals surface area contributed by atoms with Crippen molar-refractivity contribution in [3.05, 3.63) is 58.6 Å². The van der Waals surface area contributed by atoms with Gasteiger partial charge in [0, 0.05) is 10.5 Å². The minimum atomic E-state index is 0.515. The van der Waals surface area contributed by atoms with Crippen LogP contribution < -0.4 is 5.32 Å². The predicted molar refractivity (Wildman–Crippen MR) is 81.8 cm³/mol. The van der Waals surface area contributed by atoms with E-state index in [1.165, 1.54) is 16.7 Å². The molecule has 0 bridgehead atoms. The van der Waals surface area contributed by atoms with E-state index in [1.807, 2.05) is 13.1 Å². The lowest BCUT2D eigenvalue weighted by Crippen LogP contribution is -2.23. The van der Waals surface area contributed by atoms with Crippen LogP contribution in [-0.4, -0.2) is 13.1 Å². The van der Waals surface area contributed by atoms with Gasteiger partial charge in [-0.3, -0.25) is 0 Å². The molecule has 0 aliphatic carbocycles. The summed E-state index contributed by atoms with van der Waals surface area (Å²) in [6, 6.07) is 17.7. The van der Waals surface area contributed by atoms with E-state index in [0.29, 0.717) is 6.04 Å². The zero-order valence-electron chi connectivity index (χ0n) is 10.8. The van der Waals surface area contributed by atoms with Crippen molar-refractivity contribution in [3.8, 4) is 11.1 Å². The summed E-state index contributed by atoms with van der Waals surface area (Å²) in [5.74, 6) is 0. The van der Waals surface area contributed by atoms with Gasteiger partial charge in [0.05, 0.1) is 0 Å². The highest BCUT2D eigenvalue weighted by molar-refractivity contribution is 9.10. The molecular formula is C16H18BrN. The van der Waals surface area contributed by atoms with Crippen molar-refractivity contribution in [2.45, 2.75) is 19.4 Å². The van der Waals surface area contributed by atoms with Gasteiger partial charge in [-0.05, 0) is 49.2 Å². The molecule has 2 aromatic carbocycles. The third-order valence-corrected chi connectivity index (χ3v) is 3.64. The molecule has 0 spiro atoms. The SMILES string of the molecule is CNC(C)Cc1ccc(-c2cccc(Br)c2)cc1. The summed E-state index contributed by atoms with van der Waals surface area (Å²) in [5.41, 5.74) is 3.88. The normalized spacial score (nSPS) is 12.4. The van der Waals surface area contributed by atoms with Crippen LogP contribution in [0.4, 0.5) is 0 Å². The van der Waals surface area contributed by atoms with Crippen molar-refractivity contribution in [2.75, 3.05) is 7.05 Å². The van der Waals surface area contributed by atoms with Gasteiger partial charge in [0.15, 0.2) is 0 Å². The maximum atomic E-state index is 3.51. The second kappa shape index (κ2) is 6.17. The molecule has 1 atom stereocenters. The van der Waals surface area contributed by atoms with Crippen LogP contribution in [0.5, 0.6) is 0 Å². The number of hydrogen-bond donors (Lipinski definition) is 1. The minimum Gasteiger partial charge on any atom is -0.317 e. The fourth-order valence-corrected chi connectivity index (χ4v) is 2.36. The van der Waals surface area contributed by atoms with Gasteiger partial charge in [0.2, 0.25) is 0 Å². The van der Waals surface area contributed by atoms with Crippen molar-refractivity contribution in [1.29, 1.82) is 0 Å². The lowest BCUT2D eigenvalue weighted by molar-refractivity contribution is 0.608. The summed E-state index contributed by atoms with van der Waals surface area (Å²) in [4.78, 5) is 0. The van der Waals surface area contributed by atoms with Crippen LogP contribution in [0.25, 0.3) is 11.1 Å². The van der Waals surface area contributed by atoms with Gasteiger partial charge in [-0.1, -0.05) is 52.3 Å². The van der Waals surface area contributed by atoms with Gasteiger partial charge >= 0.3 is 0 Å². The second-order valence-corrected chi connectivity index (χ2v) is 5.52. The number of halogens is 1. The highest BCUT2D eigenvalue weighted by atomic mass is 79.9. The summed E-state index contributed by atoms with van der Waals surface area (Å²) < 4.78 is 1.12. The Balaban J connectivity index is 2.17. The quantitative estimate of drug-likeness (QED) is 0.889. The monoisotopic (exact) mass is 303 g/mol. The largest absolute Gasteiger partial charge is 0.317 e. The second-order valence-electron chi connectivity index (χ2n) is 4.60. The highest BCUT2D eigenvalue weighted by Crippen LogP contribution is 2.23. The molecule has 2 aromatic rings. The van der Waals surface area contributed by atoms with Crippen molar-refractivity contribution < 1.29 is 0 Å². The van der Waals surface area contributed by atoms with Gasteiger partial charge in [0.25, 0.3) is 0 Å². The maximum absolute atomic E-state index is 3.51. The average Bonchev–Trinajstić information content (AvgIpc) is 2.39. The smallest absolute Gasteiger partial charge is 0.0181 e. The predicted octanol–water partition coefficient (Wildman–Crippen LogP) is 4.27. The molecule has 0 fully saturated rings. The minimum absolute atomic E-state index is 0.515. The standard InChI is InChI=1S/C16H18BrN/c1-12(18-2)10-13-6-8-14(9-7-13)15-4-3-5-16(17)11-15/h3-9,11-12,18H,10H2,1-2H3. The first-order chi connectivity index (χ1) is 8.69. The lowest BCUT2D eigenvalue weighted by Gasteiger charge is -2.10. The van der Waals surface area contributed by atoms with E-state index in [1.54, 1.807) is 0 Å². The number of likely N-dealkylation sites (N-methyl/N-ethyl adjacent to an activating group) is 1. The molecule has 18 heavy (non-hydrogen) atoms. The van der Waals surface area contributed by atoms with Gasteiger partial charge in [-0.25, -0.2) is 0 Å². The first kappa shape index (κ1) is 13.3. The van der Waals surface area contributed by atoms with Crippen LogP contribution in [0.1, 0.15) is 12.5 Å². The third-order valence-electron chi connectivity index (χ3n) is 3.15. The molecule has 0 aromatic heterocycles. The van der Waals surface area contributed by atoms with Crippen molar-refractivity contribution in [1.82, 2.24) is 5.32 Å². The molecule has 0 heterocycles. The van der Waals surface area contributed by atoms with E-state index in [4.69, 9.17) is 0 Å². The van der Waals surface area contributed by atoms with E-state index in [-0.39, 0.29) is 0 Å². The molecule has 1 N–H and O–H groups in total. The van der Waals surface area contributed by atoms with E-state index in [9.17, 15) is 0 Å². The van der Waals surface area contributed by atoms with Crippen LogP contribution >= 0.6 is 15.9 Å². The number of nitrogens with one attached hydrogen (secondary N) is 1. The van der Waals surface area contributed by atoms with Crippen molar-refractivity contribution in [3.63, 3.8) is 0 Å². The Hall–Kier alpha value is -1.12. The third kappa shape index (κ3) is 3.44. The Kier molecular flexibility index (Phi) is 4.56. The van der Waals surface area contributed by atoms with E-state index < -0.39 is 0 Å². The molecule has 0 saturated heterocycles. The van der Waals surface area contributed by atoms with E-state index in [2.05, 4.69) is 70.6 Å². The summed E-state index contributed by atoms with van der Waals surface area (Å²) in [6.45, 7) is 2.20. The molecule has 0 radical (unpaired) electrons. The highest BCUT2D eigenvalue weighted by Gasteiger charge is 2.02. The number of rotatable bonds is 4. The molecule has 0 aliphatic rings. The average molecular weight is 304 g/mol. The van der Waals surface area contributed by atoms with Gasteiger partial charge < -0.3 is 5.32 Å². The summed E-state index contributed by atoms with van der Waals surface area (Å²) in [5, 5.41) is 3.26.